The SMILES string of the molecule is Cn1ccc2cc(Sc3ccc(C=CC(=O)N4CC5CC4CN5)c(Cl)c3Cl)ccc21. The Hall–Kier alpha value is -1.92. The van der Waals surface area contributed by atoms with Crippen molar-refractivity contribution in [2.45, 2.75) is 28.3 Å². The summed E-state index contributed by atoms with van der Waals surface area (Å²) in [6.45, 7) is 1.67. The van der Waals surface area contributed by atoms with Gasteiger partial charge in [0.2, 0.25) is 5.91 Å². The molecule has 7 heteroatoms. The zero-order valence-electron chi connectivity index (χ0n) is 16.4. The highest BCUT2D eigenvalue weighted by Crippen LogP contribution is 2.40. The third-order valence-electron chi connectivity index (χ3n) is 5.91. The van der Waals surface area contributed by atoms with Gasteiger partial charge < -0.3 is 14.8 Å². The molecule has 2 aromatic carbocycles. The fraction of sp³-hybridized carbons (Fsp3) is 0.261. The predicted octanol–water partition coefficient (Wildman–Crippen LogP) is 5.22. The maximum absolute atomic E-state index is 12.6. The third-order valence-corrected chi connectivity index (χ3v) is 7.96. The summed E-state index contributed by atoms with van der Waals surface area (Å²) in [4.78, 5) is 16.5. The molecule has 0 aliphatic carbocycles. The molecule has 0 radical (unpaired) electrons. The van der Waals surface area contributed by atoms with Gasteiger partial charge in [-0.05, 0) is 48.4 Å². The van der Waals surface area contributed by atoms with Crippen molar-refractivity contribution in [3.05, 3.63) is 64.3 Å². The first-order valence-electron chi connectivity index (χ1n) is 9.92. The van der Waals surface area contributed by atoms with Crippen LogP contribution in [0.3, 0.4) is 0 Å². The lowest BCUT2D eigenvalue weighted by atomic mass is 10.2. The lowest BCUT2D eigenvalue weighted by Crippen LogP contribution is -2.45. The van der Waals surface area contributed by atoms with Gasteiger partial charge in [0.25, 0.3) is 0 Å². The van der Waals surface area contributed by atoms with Crippen molar-refractivity contribution >= 4 is 57.8 Å². The van der Waals surface area contributed by atoms with Crippen molar-refractivity contribution < 1.29 is 4.79 Å². The van der Waals surface area contributed by atoms with E-state index in [1.165, 1.54) is 10.9 Å². The number of carbonyl (C=O) groups is 1. The number of piperazine rings is 1. The van der Waals surface area contributed by atoms with Crippen LogP contribution in [-0.2, 0) is 11.8 Å². The van der Waals surface area contributed by atoms with Gasteiger partial charge >= 0.3 is 0 Å². The van der Waals surface area contributed by atoms with Crippen LogP contribution in [0.25, 0.3) is 17.0 Å². The second-order valence-electron chi connectivity index (χ2n) is 7.85. The summed E-state index contributed by atoms with van der Waals surface area (Å²) in [6.07, 6.45) is 6.47. The second-order valence-corrected chi connectivity index (χ2v) is 9.72. The van der Waals surface area contributed by atoms with Crippen molar-refractivity contribution in [1.29, 1.82) is 0 Å². The van der Waals surface area contributed by atoms with E-state index < -0.39 is 0 Å². The van der Waals surface area contributed by atoms with Gasteiger partial charge in [-0.1, -0.05) is 41.0 Å². The molecule has 5 rings (SSSR count). The average molecular weight is 458 g/mol. The first-order valence-corrected chi connectivity index (χ1v) is 11.5. The molecule has 1 amide bonds. The van der Waals surface area contributed by atoms with Gasteiger partial charge in [0.05, 0.1) is 10.0 Å². The Morgan fingerprint density at radius 1 is 1.20 bits per heavy atom. The fourth-order valence-corrected chi connectivity index (χ4v) is 5.77. The van der Waals surface area contributed by atoms with Crippen LogP contribution in [0.4, 0.5) is 0 Å². The minimum absolute atomic E-state index is 0.0332. The van der Waals surface area contributed by atoms with E-state index in [1.54, 1.807) is 23.9 Å². The Morgan fingerprint density at radius 2 is 2.07 bits per heavy atom. The minimum Gasteiger partial charge on any atom is -0.351 e. The zero-order chi connectivity index (χ0) is 20.8. The highest BCUT2D eigenvalue weighted by Gasteiger charge is 2.39. The number of amides is 1. The number of nitrogens with one attached hydrogen (secondary N) is 1. The number of carbonyl (C=O) groups excluding carboxylic acids is 1. The van der Waals surface area contributed by atoms with Crippen LogP contribution in [0.2, 0.25) is 10.0 Å². The molecule has 4 nitrogen and oxygen atoms in total. The molecule has 2 fully saturated rings. The third kappa shape index (κ3) is 3.65. The molecule has 1 N–H and O–H groups in total. The number of halogens is 2. The first-order chi connectivity index (χ1) is 14.5. The maximum Gasteiger partial charge on any atom is 0.246 e. The van der Waals surface area contributed by atoms with E-state index in [0.717, 1.165) is 34.9 Å². The standard InChI is InChI=1S/C23H21Cl2N3OS/c1-27-9-8-15-10-18(4-5-19(15)27)30-20-6-2-14(22(24)23(20)25)3-7-21(29)28-13-16-11-17(28)12-26-16/h2-10,16-17,26H,11-13H2,1H3. The zero-order valence-corrected chi connectivity index (χ0v) is 18.8. The van der Waals surface area contributed by atoms with Gasteiger partial charge in [-0.25, -0.2) is 0 Å². The van der Waals surface area contributed by atoms with Crippen LogP contribution in [0, 0.1) is 0 Å². The summed E-state index contributed by atoms with van der Waals surface area (Å²) in [5.74, 6) is 0.0332. The van der Waals surface area contributed by atoms with Crippen molar-refractivity contribution in [2.24, 2.45) is 7.05 Å². The van der Waals surface area contributed by atoms with Crippen molar-refractivity contribution in [3.8, 4) is 0 Å². The number of hydrogen-bond acceptors (Lipinski definition) is 3. The van der Waals surface area contributed by atoms with Crippen molar-refractivity contribution in [1.82, 2.24) is 14.8 Å². The van der Waals surface area contributed by atoms with E-state index in [-0.39, 0.29) is 5.91 Å². The lowest BCUT2D eigenvalue weighted by Gasteiger charge is -2.26. The topological polar surface area (TPSA) is 37.3 Å². The highest BCUT2D eigenvalue weighted by atomic mass is 35.5. The largest absolute Gasteiger partial charge is 0.351 e. The molecule has 3 heterocycles. The van der Waals surface area contributed by atoms with E-state index in [9.17, 15) is 4.79 Å². The second kappa shape index (κ2) is 7.97. The Bertz CT molecular complexity index is 1170. The summed E-state index contributed by atoms with van der Waals surface area (Å²) >= 11 is 14.7. The normalized spacial score (nSPS) is 20.7. The summed E-state index contributed by atoms with van der Waals surface area (Å²) in [5, 5.41) is 5.57. The number of aryl methyl sites for hydroxylation is 1. The van der Waals surface area contributed by atoms with Gasteiger partial charge in [0, 0.05) is 65.2 Å². The van der Waals surface area contributed by atoms with Crippen molar-refractivity contribution in [2.75, 3.05) is 13.1 Å². The van der Waals surface area contributed by atoms with E-state index in [4.69, 9.17) is 23.2 Å². The van der Waals surface area contributed by atoms with Crippen LogP contribution in [0.1, 0.15) is 12.0 Å². The smallest absolute Gasteiger partial charge is 0.246 e. The van der Waals surface area contributed by atoms with Crippen LogP contribution in [0.15, 0.2) is 58.5 Å². The summed E-state index contributed by atoms with van der Waals surface area (Å²) in [7, 11) is 2.04. The monoisotopic (exact) mass is 457 g/mol. The van der Waals surface area contributed by atoms with Crippen LogP contribution in [-0.4, -0.2) is 40.5 Å². The molecule has 0 saturated carbocycles. The number of nitrogens with zero attached hydrogens (tertiary/aromatic N) is 2. The van der Waals surface area contributed by atoms with E-state index in [2.05, 4.69) is 40.3 Å². The summed E-state index contributed by atoms with van der Waals surface area (Å²) in [6, 6.07) is 13.1. The van der Waals surface area contributed by atoms with E-state index >= 15 is 0 Å². The van der Waals surface area contributed by atoms with Crippen LogP contribution >= 0.6 is 35.0 Å². The highest BCUT2D eigenvalue weighted by molar-refractivity contribution is 7.99. The molecule has 2 unspecified atom stereocenters. The molecule has 0 spiro atoms. The van der Waals surface area contributed by atoms with Gasteiger partial charge in [-0.15, -0.1) is 0 Å². The molecule has 2 saturated heterocycles. The number of fused-ring (bicyclic) bond motifs is 3. The van der Waals surface area contributed by atoms with Gasteiger partial charge in [-0.2, -0.15) is 0 Å². The van der Waals surface area contributed by atoms with E-state index in [0.29, 0.717) is 22.1 Å². The van der Waals surface area contributed by atoms with Gasteiger partial charge in [0.1, 0.15) is 0 Å². The molecule has 2 atom stereocenters. The molecule has 2 bridgehead atoms. The lowest BCUT2D eigenvalue weighted by molar-refractivity contribution is -0.127. The predicted molar refractivity (Wildman–Crippen MR) is 124 cm³/mol. The minimum atomic E-state index is 0.0332. The van der Waals surface area contributed by atoms with E-state index in [1.807, 2.05) is 24.1 Å². The molecule has 154 valence electrons. The molecule has 2 aliphatic heterocycles. The Balaban J connectivity index is 1.33. The summed E-state index contributed by atoms with van der Waals surface area (Å²) < 4.78 is 2.10. The molecule has 1 aromatic heterocycles. The van der Waals surface area contributed by atoms with Gasteiger partial charge in [-0.3, -0.25) is 4.79 Å². The molecule has 3 aromatic rings. The van der Waals surface area contributed by atoms with Crippen LogP contribution in [0.5, 0.6) is 0 Å². The number of aromatic nitrogens is 1. The number of likely N-dealkylation sites (tertiary alicyclic amines) is 1. The number of benzene rings is 2. The van der Waals surface area contributed by atoms with Crippen molar-refractivity contribution in [3.63, 3.8) is 0 Å². The molecular weight excluding hydrogens is 437 g/mol. The average Bonchev–Trinajstić information content (AvgIpc) is 3.47. The quantitative estimate of drug-likeness (QED) is 0.545. The Labute approximate surface area is 189 Å². The van der Waals surface area contributed by atoms with Crippen LogP contribution < -0.4 is 5.32 Å². The molecule has 30 heavy (non-hydrogen) atoms. The Morgan fingerprint density at radius 3 is 2.83 bits per heavy atom. The fourth-order valence-electron chi connectivity index (χ4n) is 4.29. The number of hydrogen-bond donors (Lipinski definition) is 1. The first kappa shape index (κ1) is 20.0. The molecule has 2 aliphatic rings. The number of rotatable bonds is 4. The summed E-state index contributed by atoms with van der Waals surface area (Å²) in [5.41, 5.74) is 1.94. The Kier molecular flexibility index (Phi) is 5.31. The van der Waals surface area contributed by atoms with Gasteiger partial charge in [0.15, 0.2) is 0 Å². The maximum atomic E-state index is 12.6. The molecular formula is C23H21Cl2N3OS.